The number of halogens is 1. The highest BCUT2D eigenvalue weighted by molar-refractivity contribution is 6.33. The third kappa shape index (κ3) is 2.58. The zero-order chi connectivity index (χ0) is 13.1. The summed E-state index contributed by atoms with van der Waals surface area (Å²) in [5.74, 6) is 1.21. The third-order valence-electron chi connectivity index (χ3n) is 2.65. The van der Waals surface area contributed by atoms with Gasteiger partial charge in [-0.05, 0) is 12.1 Å². The van der Waals surface area contributed by atoms with Crippen LogP contribution in [0.5, 0.6) is 0 Å². The minimum absolute atomic E-state index is 0.493. The minimum atomic E-state index is 0.493. The van der Waals surface area contributed by atoms with Gasteiger partial charge < -0.3 is 5.32 Å². The van der Waals surface area contributed by atoms with Gasteiger partial charge in [-0.3, -0.25) is 5.10 Å². The van der Waals surface area contributed by atoms with E-state index in [1.807, 2.05) is 54.6 Å². The fraction of sp³-hybridized carbons (Fsp3) is 0. The molecule has 94 valence electrons. The molecule has 3 rings (SSSR count). The third-order valence-corrected chi connectivity index (χ3v) is 2.98. The Morgan fingerprint density at radius 2 is 1.68 bits per heavy atom. The maximum atomic E-state index is 6.07. The van der Waals surface area contributed by atoms with Crippen LogP contribution in [0, 0.1) is 0 Å². The number of benzene rings is 2. The fourth-order valence-electron chi connectivity index (χ4n) is 1.73. The molecule has 0 radical (unpaired) electrons. The predicted molar refractivity (Wildman–Crippen MR) is 76.6 cm³/mol. The summed E-state index contributed by atoms with van der Waals surface area (Å²) in [6.07, 6.45) is 0. The van der Waals surface area contributed by atoms with Crippen molar-refractivity contribution in [2.24, 2.45) is 0 Å². The summed E-state index contributed by atoms with van der Waals surface area (Å²) in [6, 6.07) is 17.3. The molecule has 0 spiro atoms. The van der Waals surface area contributed by atoms with Gasteiger partial charge in [0.05, 0.1) is 10.7 Å². The van der Waals surface area contributed by atoms with Crippen LogP contribution in [-0.2, 0) is 0 Å². The number of rotatable bonds is 3. The molecule has 2 N–H and O–H groups in total. The highest BCUT2D eigenvalue weighted by Crippen LogP contribution is 2.24. The maximum absolute atomic E-state index is 6.07. The van der Waals surface area contributed by atoms with E-state index in [0.29, 0.717) is 11.0 Å². The van der Waals surface area contributed by atoms with Gasteiger partial charge >= 0.3 is 0 Å². The molecule has 0 aliphatic heterocycles. The summed E-state index contributed by atoms with van der Waals surface area (Å²) < 4.78 is 0. The second-order valence-electron chi connectivity index (χ2n) is 3.98. The average molecular weight is 271 g/mol. The number of hydrogen-bond donors (Lipinski definition) is 2. The molecule has 1 heterocycles. The van der Waals surface area contributed by atoms with E-state index in [2.05, 4.69) is 20.5 Å². The standard InChI is InChI=1S/C14H11ClN4/c15-11-8-4-5-9-12(11)16-14-17-13(18-19-14)10-6-2-1-3-7-10/h1-9H,(H2,16,17,18,19). The van der Waals surface area contributed by atoms with Gasteiger partial charge in [-0.1, -0.05) is 54.1 Å². The van der Waals surface area contributed by atoms with Crippen molar-refractivity contribution in [1.29, 1.82) is 0 Å². The van der Waals surface area contributed by atoms with E-state index in [1.165, 1.54) is 0 Å². The highest BCUT2D eigenvalue weighted by Gasteiger charge is 2.06. The van der Waals surface area contributed by atoms with Crippen molar-refractivity contribution >= 4 is 23.2 Å². The maximum Gasteiger partial charge on any atom is 0.246 e. The number of aromatic nitrogens is 3. The molecule has 0 saturated carbocycles. The van der Waals surface area contributed by atoms with Crippen LogP contribution in [0.1, 0.15) is 0 Å². The van der Waals surface area contributed by atoms with Gasteiger partial charge in [0.2, 0.25) is 5.95 Å². The van der Waals surface area contributed by atoms with Crippen LogP contribution in [0.4, 0.5) is 11.6 Å². The van der Waals surface area contributed by atoms with Crippen LogP contribution in [0.25, 0.3) is 11.4 Å². The summed E-state index contributed by atoms with van der Waals surface area (Å²) in [5, 5.41) is 10.7. The lowest BCUT2D eigenvalue weighted by Gasteiger charge is -2.02. The first-order valence-electron chi connectivity index (χ1n) is 5.82. The lowest BCUT2D eigenvalue weighted by Crippen LogP contribution is -1.92. The van der Waals surface area contributed by atoms with Crippen LogP contribution < -0.4 is 5.32 Å². The Labute approximate surface area is 115 Å². The van der Waals surface area contributed by atoms with Crippen molar-refractivity contribution in [2.45, 2.75) is 0 Å². The average Bonchev–Trinajstić information content (AvgIpc) is 2.91. The Kier molecular flexibility index (Phi) is 3.16. The molecule has 0 amide bonds. The van der Waals surface area contributed by atoms with Crippen molar-refractivity contribution in [3.8, 4) is 11.4 Å². The Morgan fingerprint density at radius 1 is 0.947 bits per heavy atom. The molecule has 1 aromatic heterocycles. The Bertz CT molecular complexity index is 679. The second-order valence-corrected chi connectivity index (χ2v) is 4.39. The molecular formula is C14H11ClN4. The molecule has 3 aromatic rings. The quantitative estimate of drug-likeness (QED) is 0.760. The van der Waals surface area contributed by atoms with Crippen LogP contribution in [0.3, 0.4) is 0 Å². The van der Waals surface area contributed by atoms with E-state index >= 15 is 0 Å². The van der Waals surface area contributed by atoms with E-state index in [4.69, 9.17) is 11.6 Å². The largest absolute Gasteiger partial charge is 0.322 e. The lowest BCUT2D eigenvalue weighted by atomic mass is 10.2. The van der Waals surface area contributed by atoms with Crippen molar-refractivity contribution in [1.82, 2.24) is 15.2 Å². The van der Waals surface area contributed by atoms with Crippen LogP contribution in [0.15, 0.2) is 54.6 Å². The first-order chi connectivity index (χ1) is 9.33. The summed E-state index contributed by atoms with van der Waals surface area (Å²) in [7, 11) is 0. The first kappa shape index (κ1) is 11.7. The number of H-pyrrole nitrogens is 1. The summed E-state index contributed by atoms with van der Waals surface area (Å²) >= 11 is 6.07. The Hall–Kier alpha value is -2.33. The summed E-state index contributed by atoms with van der Waals surface area (Å²) in [5.41, 5.74) is 1.77. The van der Waals surface area contributed by atoms with Gasteiger partial charge in [0.25, 0.3) is 0 Å². The van der Waals surface area contributed by atoms with Crippen LogP contribution in [0.2, 0.25) is 5.02 Å². The monoisotopic (exact) mass is 270 g/mol. The molecule has 5 heteroatoms. The summed E-state index contributed by atoms with van der Waals surface area (Å²) in [6.45, 7) is 0. The Balaban J connectivity index is 1.85. The number of para-hydroxylation sites is 1. The van der Waals surface area contributed by atoms with Crippen molar-refractivity contribution < 1.29 is 0 Å². The van der Waals surface area contributed by atoms with Crippen LogP contribution in [-0.4, -0.2) is 15.2 Å². The van der Waals surface area contributed by atoms with Crippen molar-refractivity contribution in [2.75, 3.05) is 5.32 Å². The minimum Gasteiger partial charge on any atom is -0.322 e. The number of anilines is 2. The van der Waals surface area contributed by atoms with Gasteiger partial charge in [-0.15, -0.1) is 5.10 Å². The van der Waals surface area contributed by atoms with Crippen LogP contribution >= 0.6 is 11.6 Å². The smallest absolute Gasteiger partial charge is 0.246 e. The van der Waals surface area contributed by atoms with E-state index in [0.717, 1.165) is 17.1 Å². The van der Waals surface area contributed by atoms with E-state index in [1.54, 1.807) is 0 Å². The van der Waals surface area contributed by atoms with Gasteiger partial charge in [0.15, 0.2) is 5.82 Å². The molecule has 4 nitrogen and oxygen atoms in total. The molecule has 19 heavy (non-hydrogen) atoms. The summed E-state index contributed by atoms with van der Waals surface area (Å²) in [4.78, 5) is 4.38. The lowest BCUT2D eigenvalue weighted by molar-refractivity contribution is 1.10. The molecule has 0 fully saturated rings. The predicted octanol–water partition coefficient (Wildman–Crippen LogP) is 3.87. The zero-order valence-electron chi connectivity index (χ0n) is 9.97. The molecule has 0 atom stereocenters. The second kappa shape index (κ2) is 5.12. The molecular weight excluding hydrogens is 260 g/mol. The highest BCUT2D eigenvalue weighted by atomic mass is 35.5. The van der Waals surface area contributed by atoms with Gasteiger partial charge in [-0.25, -0.2) is 0 Å². The van der Waals surface area contributed by atoms with Gasteiger partial charge in [-0.2, -0.15) is 4.98 Å². The molecule has 0 saturated heterocycles. The molecule has 2 aromatic carbocycles. The first-order valence-corrected chi connectivity index (χ1v) is 6.20. The van der Waals surface area contributed by atoms with E-state index < -0.39 is 0 Å². The van der Waals surface area contributed by atoms with E-state index in [-0.39, 0.29) is 0 Å². The Morgan fingerprint density at radius 3 is 2.47 bits per heavy atom. The SMILES string of the molecule is Clc1ccccc1Nc1n[nH]c(-c2ccccc2)n1. The molecule has 0 aliphatic carbocycles. The number of aromatic amines is 1. The molecule has 0 aliphatic rings. The molecule has 0 unspecified atom stereocenters. The fourth-order valence-corrected chi connectivity index (χ4v) is 1.91. The topological polar surface area (TPSA) is 53.6 Å². The molecule has 0 bridgehead atoms. The number of nitrogens with one attached hydrogen (secondary N) is 2. The number of hydrogen-bond acceptors (Lipinski definition) is 3. The van der Waals surface area contributed by atoms with Crippen molar-refractivity contribution in [3.05, 3.63) is 59.6 Å². The van der Waals surface area contributed by atoms with Gasteiger partial charge in [0, 0.05) is 5.56 Å². The van der Waals surface area contributed by atoms with E-state index in [9.17, 15) is 0 Å². The van der Waals surface area contributed by atoms with Gasteiger partial charge in [0.1, 0.15) is 0 Å². The normalized spacial score (nSPS) is 10.4. The zero-order valence-corrected chi connectivity index (χ0v) is 10.7. The van der Waals surface area contributed by atoms with Crippen molar-refractivity contribution in [3.63, 3.8) is 0 Å². The number of nitrogens with zero attached hydrogens (tertiary/aromatic N) is 2.